The molecule has 1 nitrogen and oxygen atoms in total. The molecule has 0 heterocycles. The smallest absolute Gasteiger partial charge is 0.0447 e. The summed E-state index contributed by atoms with van der Waals surface area (Å²) in [5.74, 6) is 0. The minimum absolute atomic E-state index is 0.120. The molecule has 0 radical (unpaired) electrons. The molecule has 0 saturated carbocycles. The Kier molecular flexibility index (Phi) is 2.96. The molecule has 0 spiro atoms. The predicted octanol–water partition coefficient (Wildman–Crippen LogP) is 4.10. The van der Waals surface area contributed by atoms with E-state index in [1.165, 1.54) is 0 Å². The lowest BCUT2D eigenvalue weighted by atomic mass is 10.0. The van der Waals surface area contributed by atoms with Crippen LogP contribution in [0.1, 0.15) is 13.3 Å². The molecule has 0 fully saturated rings. The van der Waals surface area contributed by atoms with Crippen LogP contribution >= 0.6 is 15.9 Å². The molecule has 0 saturated heterocycles. The van der Waals surface area contributed by atoms with Gasteiger partial charge in [-0.25, -0.2) is 0 Å². The minimum atomic E-state index is 0.120. The van der Waals surface area contributed by atoms with Crippen molar-refractivity contribution in [2.24, 2.45) is 0 Å². The van der Waals surface area contributed by atoms with E-state index in [0.717, 1.165) is 17.8 Å². The fraction of sp³-hybridized carbons (Fsp3) is 0.231. The molecule has 0 amide bonds. The Hall–Kier alpha value is -1.02. The molecule has 15 heavy (non-hydrogen) atoms. The monoisotopic (exact) mass is 263 g/mol. The van der Waals surface area contributed by atoms with Crippen LogP contribution in [0.15, 0.2) is 54.3 Å². The topological polar surface area (TPSA) is 12.0 Å². The van der Waals surface area contributed by atoms with Crippen molar-refractivity contribution >= 4 is 21.6 Å². The number of allylic oxidation sites excluding steroid dienone is 3. The molecular formula is C13H14BrN. The van der Waals surface area contributed by atoms with Crippen molar-refractivity contribution in [1.82, 2.24) is 0 Å². The van der Waals surface area contributed by atoms with Gasteiger partial charge in [-0.3, -0.25) is 0 Å². The summed E-state index contributed by atoms with van der Waals surface area (Å²) in [4.78, 5) is 0. The van der Waals surface area contributed by atoms with Gasteiger partial charge in [0, 0.05) is 15.7 Å². The lowest BCUT2D eigenvalue weighted by molar-refractivity contribution is 0.809. The highest BCUT2D eigenvalue weighted by Gasteiger charge is 2.17. The molecule has 1 N–H and O–H groups in total. The van der Waals surface area contributed by atoms with Gasteiger partial charge in [-0.1, -0.05) is 46.3 Å². The highest BCUT2D eigenvalue weighted by molar-refractivity contribution is 9.10. The van der Waals surface area contributed by atoms with Crippen LogP contribution in [0.3, 0.4) is 0 Å². The second kappa shape index (κ2) is 4.23. The minimum Gasteiger partial charge on any atom is -0.356 e. The van der Waals surface area contributed by atoms with Crippen LogP contribution in [0.25, 0.3) is 0 Å². The summed E-state index contributed by atoms with van der Waals surface area (Å²) in [5.41, 5.74) is 2.30. The summed E-state index contributed by atoms with van der Waals surface area (Å²) < 4.78 is 0.120. The first-order chi connectivity index (χ1) is 7.16. The number of anilines is 1. The third-order valence-electron chi connectivity index (χ3n) is 2.39. The average molecular weight is 264 g/mol. The standard InChI is InChI=1S/C13H14BrN/c1-13(14)9-7-12(8-10-13)15-11-5-3-2-4-6-11/h2-9,15H,10H2,1H3. The van der Waals surface area contributed by atoms with Gasteiger partial charge >= 0.3 is 0 Å². The molecular weight excluding hydrogens is 250 g/mol. The zero-order chi connectivity index (χ0) is 10.7. The van der Waals surface area contributed by atoms with Crippen molar-refractivity contribution in [3.05, 3.63) is 54.3 Å². The number of benzene rings is 1. The van der Waals surface area contributed by atoms with E-state index in [-0.39, 0.29) is 4.32 Å². The first-order valence-corrected chi connectivity index (χ1v) is 5.85. The van der Waals surface area contributed by atoms with Crippen molar-refractivity contribution in [3.63, 3.8) is 0 Å². The van der Waals surface area contributed by atoms with E-state index in [1.54, 1.807) is 0 Å². The molecule has 2 heteroatoms. The maximum Gasteiger partial charge on any atom is 0.0447 e. The molecule has 78 valence electrons. The summed E-state index contributed by atoms with van der Waals surface area (Å²) in [6.07, 6.45) is 7.52. The second-order valence-corrected chi connectivity index (χ2v) is 5.78. The summed E-state index contributed by atoms with van der Waals surface area (Å²) >= 11 is 3.65. The Bertz CT molecular complexity index is 390. The Labute approximate surface area is 99.0 Å². The molecule has 2 rings (SSSR count). The first kappa shape index (κ1) is 10.5. The molecule has 0 bridgehead atoms. The van der Waals surface area contributed by atoms with E-state index in [4.69, 9.17) is 0 Å². The lowest BCUT2D eigenvalue weighted by Gasteiger charge is -2.21. The molecule has 1 aliphatic carbocycles. The van der Waals surface area contributed by atoms with Gasteiger partial charge in [0.05, 0.1) is 0 Å². The van der Waals surface area contributed by atoms with Crippen LogP contribution in [-0.4, -0.2) is 4.32 Å². The maximum absolute atomic E-state index is 3.65. The number of alkyl halides is 1. The molecule has 1 aromatic rings. The third-order valence-corrected chi connectivity index (χ3v) is 2.98. The number of halogens is 1. The molecule has 1 unspecified atom stereocenters. The highest BCUT2D eigenvalue weighted by atomic mass is 79.9. The van der Waals surface area contributed by atoms with E-state index in [9.17, 15) is 0 Å². The van der Waals surface area contributed by atoms with Gasteiger partial charge in [-0.15, -0.1) is 0 Å². The van der Waals surface area contributed by atoms with Crippen LogP contribution < -0.4 is 5.32 Å². The third kappa shape index (κ3) is 2.96. The Morgan fingerprint density at radius 1 is 1.27 bits per heavy atom. The molecule has 0 aromatic heterocycles. The number of nitrogens with one attached hydrogen (secondary N) is 1. The van der Waals surface area contributed by atoms with Crippen LogP contribution in [0.5, 0.6) is 0 Å². The second-order valence-electron chi connectivity index (χ2n) is 3.97. The zero-order valence-corrected chi connectivity index (χ0v) is 10.3. The van der Waals surface area contributed by atoms with Crippen molar-refractivity contribution in [1.29, 1.82) is 0 Å². The summed E-state index contributed by atoms with van der Waals surface area (Å²) in [7, 11) is 0. The van der Waals surface area contributed by atoms with Crippen molar-refractivity contribution < 1.29 is 0 Å². The first-order valence-electron chi connectivity index (χ1n) is 5.06. The van der Waals surface area contributed by atoms with Gasteiger partial charge in [0.2, 0.25) is 0 Å². The van der Waals surface area contributed by atoms with Crippen molar-refractivity contribution in [2.45, 2.75) is 17.7 Å². The van der Waals surface area contributed by atoms with Gasteiger partial charge in [-0.05, 0) is 31.6 Å². The van der Waals surface area contributed by atoms with E-state index in [1.807, 2.05) is 18.2 Å². The number of hydrogen-bond acceptors (Lipinski definition) is 1. The van der Waals surface area contributed by atoms with E-state index >= 15 is 0 Å². The van der Waals surface area contributed by atoms with Gasteiger partial charge in [-0.2, -0.15) is 0 Å². The summed E-state index contributed by atoms with van der Waals surface area (Å²) in [5, 5.41) is 3.37. The van der Waals surface area contributed by atoms with Gasteiger partial charge in [0.25, 0.3) is 0 Å². The Morgan fingerprint density at radius 2 is 2.00 bits per heavy atom. The zero-order valence-electron chi connectivity index (χ0n) is 8.70. The lowest BCUT2D eigenvalue weighted by Crippen LogP contribution is -2.14. The largest absolute Gasteiger partial charge is 0.356 e. The van der Waals surface area contributed by atoms with E-state index in [0.29, 0.717) is 0 Å². The maximum atomic E-state index is 3.65. The highest BCUT2D eigenvalue weighted by Crippen LogP contribution is 2.29. The molecule has 0 aliphatic heterocycles. The van der Waals surface area contributed by atoms with Crippen molar-refractivity contribution in [3.8, 4) is 0 Å². The van der Waals surface area contributed by atoms with Gasteiger partial charge in [0.15, 0.2) is 0 Å². The fourth-order valence-electron chi connectivity index (χ4n) is 1.49. The predicted molar refractivity (Wildman–Crippen MR) is 69.2 cm³/mol. The Morgan fingerprint density at radius 3 is 2.60 bits per heavy atom. The normalized spacial score (nSPS) is 24.8. The molecule has 1 aromatic carbocycles. The average Bonchev–Trinajstić information content (AvgIpc) is 2.23. The fourth-order valence-corrected chi connectivity index (χ4v) is 1.78. The van der Waals surface area contributed by atoms with E-state index < -0.39 is 0 Å². The number of para-hydroxylation sites is 1. The van der Waals surface area contributed by atoms with Crippen LogP contribution in [0.4, 0.5) is 5.69 Å². The van der Waals surface area contributed by atoms with Crippen LogP contribution in [-0.2, 0) is 0 Å². The molecule has 1 aliphatic rings. The SMILES string of the molecule is CC1(Br)C=CC(Nc2ccccc2)=CC1. The Balaban J connectivity index is 2.04. The number of rotatable bonds is 2. The van der Waals surface area contributed by atoms with Crippen molar-refractivity contribution in [2.75, 3.05) is 5.32 Å². The van der Waals surface area contributed by atoms with Gasteiger partial charge < -0.3 is 5.32 Å². The quantitative estimate of drug-likeness (QED) is 0.793. The van der Waals surface area contributed by atoms with E-state index in [2.05, 4.69) is 58.5 Å². The number of hydrogen-bond donors (Lipinski definition) is 1. The van der Waals surface area contributed by atoms with Crippen LogP contribution in [0.2, 0.25) is 0 Å². The molecule has 1 atom stereocenters. The van der Waals surface area contributed by atoms with Crippen LogP contribution in [0, 0.1) is 0 Å². The summed E-state index contributed by atoms with van der Waals surface area (Å²) in [6, 6.07) is 10.2. The summed E-state index contributed by atoms with van der Waals surface area (Å²) in [6.45, 7) is 2.17. The van der Waals surface area contributed by atoms with Gasteiger partial charge in [0.1, 0.15) is 0 Å².